The Balaban J connectivity index is 1.40. The van der Waals surface area contributed by atoms with Gasteiger partial charge in [-0.15, -0.1) is 0 Å². The van der Waals surface area contributed by atoms with Crippen LogP contribution in [0, 0.1) is 19.8 Å². The monoisotopic (exact) mass is 442 g/mol. The lowest BCUT2D eigenvalue weighted by Gasteiger charge is -2.24. The largest absolute Gasteiger partial charge is 0.337 e. The van der Waals surface area contributed by atoms with Crippen LogP contribution in [0.4, 0.5) is 4.39 Å². The minimum Gasteiger partial charge on any atom is -0.337 e. The molecule has 1 fully saturated rings. The molecule has 168 valence electrons. The van der Waals surface area contributed by atoms with Crippen LogP contribution in [0.25, 0.3) is 11.3 Å². The number of halogens is 1. The molecule has 0 atom stereocenters. The van der Waals surface area contributed by atoms with Crippen LogP contribution < -0.4 is 0 Å². The van der Waals surface area contributed by atoms with Crippen molar-refractivity contribution in [1.82, 2.24) is 14.9 Å². The molecule has 1 aliphatic heterocycles. The summed E-state index contributed by atoms with van der Waals surface area (Å²) in [5.41, 5.74) is 6.42. The first kappa shape index (κ1) is 21.4. The zero-order valence-electron chi connectivity index (χ0n) is 19.0. The van der Waals surface area contributed by atoms with E-state index < -0.39 is 0 Å². The molecule has 1 saturated carbocycles. The lowest BCUT2D eigenvalue weighted by molar-refractivity contribution is 0.0744. The molecule has 5 rings (SSSR count). The van der Waals surface area contributed by atoms with Gasteiger partial charge in [-0.05, 0) is 67.9 Å². The summed E-state index contributed by atoms with van der Waals surface area (Å²) in [6, 6.07) is 6.08. The van der Waals surface area contributed by atoms with E-state index in [-0.39, 0.29) is 11.7 Å². The number of carbonyl (C=O) groups excluding carboxylic acids is 1. The van der Waals surface area contributed by atoms with Crippen molar-refractivity contribution < 1.29 is 9.18 Å². The first-order valence-electron chi connectivity index (χ1n) is 11.5. The normalized spacial score (nSPS) is 17.1. The van der Waals surface area contributed by atoms with Crippen molar-refractivity contribution in [2.45, 2.75) is 39.5 Å². The predicted octanol–water partition coefficient (Wildman–Crippen LogP) is 5.52. The number of aromatic nitrogens is 2. The maximum atomic E-state index is 14.4. The third kappa shape index (κ3) is 4.42. The number of hydrogen-bond acceptors (Lipinski definition) is 4. The SMILES string of the molecule is Cc1ccc(-c2nccnc2C(=O)N(CCC2=CN=C3CC=CC(F)=C23)CC2CC2)cc1C. The smallest absolute Gasteiger partial charge is 0.274 e. The zero-order chi connectivity index (χ0) is 22.9. The standard InChI is InChI=1S/C27H27FN4O/c1-17-6-9-20(14-18(17)2)25-26(30-12-11-29-25)27(33)32(16-19-7-8-19)13-10-21-15-31-23-5-3-4-22(28)24(21)23/h3-4,6,9,11-12,14-15,19H,5,7-8,10,13,16H2,1-2H3. The van der Waals surface area contributed by atoms with Crippen LogP contribution in [0.2, 0.25) is 0 Å². The van der Waals surface area contributed by atoms with E-state index in [1.165, 1.54) is 11.6 Å². The van der Waals surface area contributed by atoms with Crippen LogP contribution in [0.1, 0.15) is 47.3 Å². The van der Waals surface area contributed by atoms with Crippen LogP contribution in [-0.2, 0) is 0 Å². The molecule has 1 aromatic carbocycles. The van der Waals surface area contributed by atoms with E-state index in [2.05, 4.69) is 34.9 Å². The molecule has 1 aromatic heterocycles. The lowest BCUT2D eigenvalue weighted by atomic mass is 9.95. The molecule has 0 bridgehead atoms. The molecule has 33 heavy (non-hydrogen) atoms. The van der Waals surface area contributed by atoms with E-state index in [1.54, 1.807) is 24.7 Å². The number of hydrogen-bond donors (Lipinski definition) is 0. The fourth-order valence-electron chi connectivity index (χ4n) is 4.35. The number of amides is 1. The maximum Gasteiger partial charge on any atom is 0.274 e. The van der Waals surface area contributed by atoms with Crippen molar-refractivity contribution in [3.05, 3.63) is 82.7 Å². The van der Waals surface area contributed by atoms with Crippen LogP contribution in [0.15, 0.2) is 70.9 Å². The Morgan fingerprint density at radius 2 is 1.97 bits per heavy atom. The van der Waals surface area contributed by atoms with E-state index in [1.807, 2.05) is 17.0 Å². The van der Waals surface area contributed by atoms with Crippen LogP contribution in [0.5, 0.6) is 0 Å². The fraction of sp³-hybridized carbons (Fsp3) is 0.333. The fourth-order valence-corrected chi connectivity index (χ4v) is 4.35. The molecule has 2 aliphatic carbocycles. The second-order valence-corrected chi connectivity index (χ2v) is 9.06. The first-order chi connectivity index (χ1) is 16.0. The predicted molar refractivity (Wildman–Crippen MR) is 128 cm³/mol. The molecule has 0 unspecified atom stereocenters. The van der Waals surface area contributed by atoms with Crippen molar-refractivity contribution in [3.63, 3.8) is 0 Å². The highest BCUT2D eigenvalue weighted by Crippen LogP contribution is 2.34. The third-order valence-electron chi connectivity index (χ3n) is 6.60. The van der Waals surface area contributed by atoms with Crippen molar-refractivity contribution in [3.8, 4) is 11.3 Å². The third-order valence-corrected chi connectivity index (χ3v) is 6.60. The quantitative estimate of drug-likeness (QED) is 0.567. The van der Waals surface area contributed by atoms with Crippen LogP contribution >= 0.6 is 0 Å². The van der Waals surface area contributed by atoms with Gasteiger partial charge < -0.3 is 4.90 Å². The molecule has 6 heteroatoms. The Labute approximate surface area is 193 Å². The summed E-state index contributed by atoms with van der Waals surface area (Å²) >= 11 is 0. The average molecular weight is 443 g/mol. The Morgan fingerprint density at radius 3 is 2.76 bits per heavy atom. The molecule has 1 amide bonds. The summed E-state index contributed by atoms with van der Waals surface area (Å²) < 4.78 is 14.4. The second-order valence-electron chi connectivity index (χ2n) is 9.06. The van der Waals surface area contributed by atoms with Gasteiger partial charge in [-0.3, -0.25) is 14.8 Å². The number of carbonyl (C=O) groups is 1. The van der Waals surface area contributed by atoms with Gasteiger partial charge in [-0.1, -0.05) is 18.2 Å². The van der Waals surface area contributed by atoms with Gasteiger partial charge in [0, 0.05) is 49.2 Å². The molecule has 2 aromatic rings. The molecular weight excluding hydrogens is 415 g/mol. The van der Waals surface area contributed by atoms with Gasteiger partial charge in [0.15, 0.2) is 5.69 Å². The van der Waals surface area contributed by atoms with Gasteiger partial charge in [0.2, 0.25) is 0 Å². The van der Waals surface area contributed by atoms with Gasteiger partial charge in [-0.2, -0.15) is 0 Å². The summed E-state index contributed by atoms with van der Waals surface area (Å²) in [6.45, 7) is 5.29. The van der Waals surface area contributed by atoms with E-state index in [0.29, 0.717) is 48.8 Å². The summed E-state index contributed by atoms with van der Waals surface area (Å²) in [7, 11) is 0. The number of allylic oxidation sites excluding steroid dienone is 4. The van der Waals surface area contributed by atoms with E-state index in [9.17, 15) is 9.18 Å². The molecule has 0 saturated heterocycles. The highest BCUT2D eigenvalue weighted by Gasteiger charge is 2.30. The highest BCUT2D eigenvalue weighted by atomic mass is 19.1. The number of benzene rings is 1. The number of nitrogens with zero attached hydrogens (tertiary/aromatic N) is 4. The highest BCUT2D eigenvalue weighted by molar-refractivity contribution is 6.08. The van der Waals surface area contributed by atoms with E-state index >= 15 is 0 Å². The lowest BCUT2D eigenvalue weighted by Crippen LogP contribution is -2.35. The summed E-state index contributed by atoms with van der Waals surface area (Å²) in [6.07, 6.45) is 11.7. The van der Waals surface area contributed by atoms with Crippen molar-refractivity contribution in [2.75, 3.05) is 13.1 Å². The van der Waals surface area contributed by atoms with Crippen molar-refractivity contribution in [2.24, 2.45) is 10.9 Å². The van der Waals surface area contributed by atoms with Crippen molar-refractivity contribution >= 4 is 11.6 Å². The Morgan fingerprint density at radius 1 is 1.15 bits per heavy atom. The molecule has 0 N–H and O–H groups in total. The maximum absolute atomic E-state index is 14.4. The summed E-state index contributed by atoms with van der Waals surface area (Å²) in [5.74, 6) is 0.157. The van der Waals surface area contributed by atoms with Crippen LogP contribution in [0.3, 0.4) is 0 Å². The average Bonchev–Trinajstić information content (AvgIpc) is 3.55. The Hall–Kier alpha value is -3.41. The zero-order valence-corrected chi connectivity index (χ0v) is 19.0. The Kier molecular flexibility index (Phi) is 5.75. The van der Waals surface area contributed by atoms with Gasteiger partial charge in [-0.25, -0.2) is 9.37 Å². The van der Waals surface area contributed by atoms with Crippen molar-refractivity contribution in [1.29, 1.82) is 0 Å². The number of aliphatic imine (C=N–C) groups is 1. The molecule has 5 nitrogen and oxygen atoms in total. The van der Waals surface area contributed by atoms with Crippen LogP contribution in [-0.4, -0.2) is 39.6 Å². The van der Waals surface area contributed by atoms with E-state index in [0.717, 1.165) is 35.3 Å². The minimum atomic E-state index is -0.241. The number of fused-ring (bicyclic) bond motifs is 1. The molecule has 2 heterocycles. The van der Waals surface area contributed by atoms with Gasteiger partial charge in [0.25, 0.3) is 5.91 Å². The summed E-state index contributed by atoms with van der Waals surface area (Å²) in [4.78, 5) is 28.9. The molecular formula is C27H27FN4O. The van der Waals surface area contributed by atoms with Gasteiger partial charge in [0.05, 0.1) is 5.71 Å². The second kappa shape index (κ2) is 8.85. The van der Waals surface area contributed by atoms with Gasteiger partial charge >= 0.3 is 0 Å². The topological polar surface area (TPSA) is 58.5 Å². The molecule has 0 radical (unpaired) electrons. The first-order valence-corrected chi connectivity index (χ1v) is 11.5. The summed E-state index contributed by atoms with van der Waals surface area (Å²) in [5, 5.41) is 0. The minimum absolute atomic E-state index is 0.124. The number of rotatable bonds is 7. The molecule has 3 aliphatic rings. The molecule has 0 spiro atoms. The Bertz CT molecular complexity index is 1240. The number of aryl methyl sites for hydroxylation is 2. The van der Waals surface area contributed by atoms with Gasteiger partial charge in [0.1, 0.15) is 11.5 Å². The van der Waals surface area contributed by atoms with E-state index in [4.69, 9.17) is 0 Å².